The number of aliphatic carboxylic acids is 1. The molecule has 0 aromatic heterocycles. The lowest BCUT2D eigenvalue weighted by molar-refractivity contribution is -0.141. The summed E-state index contributed by atoms with van der Waals surface area (Å²) >= 11 is 3.23. The molecule has 0 radical (unpaired) electrons. The van der Waals surface area contributed by atoms with Crippen molar-refractivity contribution in [1.82, 2.24) is 4.90 Å². The molecule has 1 saturated heterocycles. The topological polar surface area (TPSA) is 57.6 Å². The molecule has 0 bridgehead atoms. The molecule has 1 aliphatic heterocycles. The fraction of sp³-hybridized carbons (Fsp3) is 0.286. The van der Waals surface area contributed by atoms with Crippen molar-refractivity contribution < 1.29 is 19.1 Å². The highest BCUT2D eigenvalue weighted by molar-refractivity contribution is 9.10. The number of hydrogen-bond acceptors (Lipinski definition) is 2. The van der Waals surface area contributed by atoms with E-state index in [4.69, 9.17) is 5.11 Å². The van der Waals surface area contributed by atoms with Gasteiger partial charge in [-0.2, -0.15) is 0 Å². The third-order valence-electron chi connectivity index (χ3n) is 3.21. The van der Waals surface area contributed by atoms with Gasteiger partial charge in [0.05, 0.1) is 5.92 Å². The van der Waals surface area contributed by atoms with Crippen molar-refractivity contribution in [1.29, 1.82) is 0 Å². The van der Waals surface area contributed by atoms with E-state index in [0.717, 1.165) is 4.47 Å². The lowest BCUT2D eigenvalue weighted by Crippen LogP contribution is -2.28. The Bertz CT molecular complexity index is 574. The fourth-order valence-electron chi connectivity index (χ4n) is 2.07. The van der Waals surface area contributed by atoms with E-state index in [9.17, 15) is 14.0 Å². The molecule has 1 aromatic carbocycles. The Labute approximate surface area is 124 Å². The molecule has 0 saturated carbocycles. The zero-order chi connectivity index (χ0) is 14.7. The van der Waals surface area contributed by atoms with E-state index in [0.29, 0.717) is 18.5 Å². The van der Waals surface area contributed by atoms with E-state index in [-0.39, 0.29) is 12.5 Å². The maximum atomic E-state index is 13.5. The molecule has 1 unspecified atom stereocenters. The summed E-state index contributed by atoms with van der Waals surface area (Å²) in [6, 6.07) is 4.46. The van der Waals surface area contributed by atoms with Crippen molar-refractivity contribution in [2.24, 2.45) is 5.92 Å². The first kappa shape index (κ1) is 14.7. The third-order valence-corrected chi connectivity index (χ3v) is 3.71. The van der Waals surface area contributed by atoms with Crippen molar-refractivity contribution in [2.75, 3.05) is 13.1 Å². The highest BCUT2D eigenvalue weighted by Crippen LogP contribution is 2.19. The number of likely N-dealkylation sites (tertiary alicyclic amines) is 1. The normalized spacial score (nSPS) is 18.7. The third kappa shape index (κ3) is 3.45. The van der Waals surface area contributed by atoms with Gasteiger partial charge >= 0.3 is 5.97 Å². The van der Waals surface area contributed by atoms with Gasteiger partial charge in [0, 0.05) is 29.2 Å². The van der Waals surface area contributed by atoms with Crippen LogP contribution >= 0.6 is 15.9 Å². The second kappa shape index (κ2) is 6.17. The summed E-state index contributed by atoms with van der Waals surface area (Å²) in [5.41, 5.74) is 0.307. The number of carboxylic acid groups (broad SMARTS) is 1. The smallest absolute Gasteiger partial charge is 0.308 e. The number of nitrogens with zero attached hydrogens (tertiary/aromatic N) is 1. The largest absolute Gasteiger partial charge is 0.481 e. The Kier molecular flexibility index (Phi) is 4.54. The van der Waals surface area contributed by atoms with E-state index in [1.807, 2.05) is 0 Å². The molecule has 4 nitrogen and oxygen atoms in total. The maximum Gasteiger partial charge on any atom is 0.308 e. The summed E-state index contributed by atoms with van der Waals surface area (Å²) in [5.74, 6) is -2.10. The minimum Gasteiger partial charge on any atom is -0.481 e. The molecule has 1 atom stereocenters. The van der Waals surface area contributed by atoms with Crippen LogP contribution in [0.1, 0.15) is 12.0 Å². The Balaban J connectivity index is 2.03. The molecule has 1 fully saturated rings. The Hall–Kier alpha value is -1.69. The quantitative estimate of drug-likeness (QED) is 0.859. The predicted octanol–water partition coefficient (Wildman–Crippen LogP) is 2.53. The highest BCUT2D eigenvalue weighted by Gasteiger charge is 2.29. The molecule has 106 valence electrons. The molecule has 2 rings (SSSR count). The van der Waals surface area contributed by atoms with Gasteiger partial charge in [-0.05, 0) is 30.7 Å². The summed E-state index contributed by atoms with van der Waals surface area (Å²) in [6.45, 7) is 0.626. The Morgan fingerprint density at radius 1 is 1.45 bits per heavy atom. The average Bonchev–Trinajstić information content (AvgIpc) is 2.89. The first-order chi connectivity index (χ1) is 9.47. The number of amides is 1. The highest BCUT2D eigenvalue weighted by atomic mass is 79.9. The van der Waals surface area contributed by atoms with E-state index >= 15 is 0 Å². The summed E-state index contributed by atoms with van der Waals surface area (Å²) in [5, 5.41) is 8.88. The van der Waals surface area contributed by atoms with Crippen molar-refractivity contribution >= 4 is 33.9 Å². The number of benzene rings is 1. The zero-order valence-electron chi connectivity index (χ0n) is 10.6. The molecule has 1 amide bonds. The van der Waals surface area contributed by atoms with Gasteiger partial charge in [0.1, 0.15) is 5.82 Å². The Morgan fingerprint density at radius 2 is 2.20 bits per heavy atom. The minimum absolute atomic E-state index is 0.208. The lowest BCUT2D eigenvalue weighted by atomic mass is 10.1. The molecule has 0 aliphatic carbocycles. The first-order valence-electron chi connectivity index (χ1n) is 6.12. The summed E-state index contributed by atoms with van der Waals surface area (Å²) < 4.78 is 14.2. The standard InChI is InChI=1S/C14H13BrFNO3/c15-11-2-3-12(16)9(7-11)1-4-13(18)17-6-5-10(8-17)14(19)20/h1-4,7,10H,5-6,8H2,(H,19,20). The first-order valence-corrected chi connectivity index (χ1v) is 6.91. The van der Waals surface area contributed by atoms with Crippen molar-refractivity contribution in [2.45, 2.75) is 6.42 Å². The van der Waals surface area contributed by atoms with Gasteiger partial charge in [-0.1, -0.05) is 15.9 Å². The van der Waals surface area contributed by atoms with E-state index < -0.39 is 17.7 Å². The van der Waals surface area contributed by atoms with Gasteiger partial charge < -0.3 is 10.0 Å². The van der Waals surface area contributed by atoms with Crippen LogP contribution in [-0.2, 0) is 9.59 Å². The van der Waals surface area contributed by atoms with Crippen LogP contribution in [0.25, 0.3) is 6.08 Å². The number of carboxylic acids is 1. The molecule has 1 heterocycles. The molecule has 1 aliphatic rings. The molecular weight excluding hydrogens is 329 g/mol. The summed E-state index contributed by atoms with van der Waals surface area (Å²) in [4.78, 5) is 24.2. The molecule has 1 aromatic rings. The van der Waals surface area contributed by atoms with Gasteiger partial charge in [0.2, 0.25) is 5.91 Å². The maximum absolute atomic E-state index is 13.5. The second-order valence-electron chi connectivity index (χ2n) is 4.61. The average molecular weight is 342 g/mol. The van der Waals surface area contributed by atoms with Crippen LogP contribution in [0.15, 0.2) is 28.7 Å². The molecule has 6 heteroatoms. The van der Waals surface area contributed by atoms with E-state index in [1.54, 1.807) is 12.1 Å². The number of carbonyl (C=O) groups excluding carboxylic acids is 1. The lowest BCUT2D eigenvalue weighted by Gasteiger charge is -2.12. The number of halogens is 2. The van der Waals surface area contributed by atoms with Crippen molar-refractivity contribution in [3.63, 3.8) is 0 Å². The van der Waals surface area contributed by atoms with Gasteiger partial charge in [-0.25, -0.2) is 4.39 Å². The van der Waals surface area contributed by atoms with E-state index in [1.165, 1.54) is 23.1 Å². The number of rotatable bonds is 3. The monoisotopic (exact) mass is 341 g/mol. The molecular formula is C14H13BrFNO3. The summed E-state index contributed by atoms with van der Waals surface area (Å²) in [6.07, 6.45) is 3.13. The van der Waals surface area contributed by atoms with Crippen LogP contribution in [0, 0.1) is 11.7 Å². The molecule has 0 spiro atoms. The van der Waals surface area contributed by atoms with Gasteiger partial charge in [0.25, 0.3) is 0 Å². The molecule has 20 heavy (non-hydrogen) atoms. The van der Waals surface area contributed by atoms with Gasteiger partial charge in [-0.3, -0.25) is 9.59 Å². The van der Waals surface area contributed by atoms with Crippen LogP contribution in [-0.4, -0.2) is 35.0 Å². The fourth-order valence-corrected chi connectivity index (χ4v) is 2.45. The SMILES string of the molecule is O=C(O)C1CCN(C(=O)C=Cc2cc(Br)ccc2F)C1. The van der Waals surface area contributed by atoms with Crippen LogP contribution in [0.3, 0.4) is 0 Å². The predicted molar refractivity (Wildman–Crippen MR) is 75.5 cm³/mol. The van der Waals surface area contributed by atoms with Crippen LogP contribution in [0.5, 0.6) is 0 Å². The van der Waals surface area contributed by atoms with Crippen molar-refractivity contribution in [3.8, 4) is 0 Å². The van der Waals surface area contributed by atoms with Crippen LogP contribution in [0.4, 0.5) is 4.39 Å². The van der Waals surface area contributed by atoms with Crippen LogP contribution in [0.2, 0.25) is 0 Å². The van der Waals surface area contributed by atoms with Crippen LogP contribution < -0.4 is 0 Å². The van der Waals surface area contributed by atoms with Gasteiger partial charge in [-0.15, -0.1) is 0 Å². The van der Waals surface area contributed by atoms with Crippen molar-refractivity contribution in [3.05, 3.63) is 40.1 Å². The Morgan fingerprint density at radius 3 is 2.85 bits per heavy atom. The van der Waals surface area contributed by atoms with E-state index in [2.05, 4.69) is 15.9 Å². The second-order valence-corrected chi connectivity index (χ2v) is 5.52. The number of carbonyl (C=O) groups is 2. The summed E-state index contributed by atoms with van der Waals surface area (Å²) in [7, 11) is 0. The number of hydrogen-bond donors (Lipinski definition) is 1. The molecule has 1 N–H and O–H groups in total. The van der Waals surface area contributed by atoms with Gasteiger partial charge in [0.15, 0.2) is 0 Å². The zero-order valence-corrected chi connectivity index (χ0v) is 12.1. The minimum atomic E-state index is -0.887.